The molecule has 7 heteroatoms. The zero-order valence-corrected chi connectivity index (χ0v) is 30.9. The Labute approximate surface area is 299 Å². The molecule has 50 heavy (non-hydrogen) atoms. The van der Waals surface area contributed by atoms with Crippen LogP contribution in [0.5, 0.6) is 0 Å². The molecule has 0 spiro atoms. The van der Waals surface area contributed by atoms with Crippen LogP contribution in [0.25, 0.3) is 16.7 Å². The summed E-state index contributed by atoms with van der Waals surface area (Å²) in [5.41, 5.74) is 10.2. The minimum Gasteiger partial charge on any atom is -0.326 e. The number of amides is 1. The molecule has 5 rings (SSSR count). The van der Waals surface area contributed by atoms with Crippen LogP contribution in [0, 0.1) is 5.41 Å². The van der Waals surface area contributed by atoms with Crippen molar-refractivity contribution in [2.75, 3.05) is 5.32 Å². The number of anilines is 1. The van der Waals surface area contributed by atoms with Crippen molar-refractivity contribution in [1.29, 1.82) is 0 Å². The molecule has 0 radical (unpaired) electrons. The van der Waals surface area contributed by atoms with E-state index in [1.54, 1.807) is 0 Å². The number of benzene rings is 4. The quantitative estimate of drug-likeness (QED) is 0.167. The minimum atomic E-state index is -3.11. The third kappa shape index (κ3) is 10.9. The molecule has 0 unspecified atom stereocenters. The maximum absolute atomic E-state index is 13.9. The number of hydrogen-bond acceptors (Lipinski definition) is 5. The lowest BCUT2D eigenvalue weighted by molar-refractivity contribution is -0.117. The van der Waals surface area contributed by atoms with E-state index in [1.165, 1.54) is 23.1 Å². The molecule has 0 bridgehead atoms. The standard InChI is InChI=1S/C43H49NO2.O3S/c1-7-8-40(45)36-11-9-30(10-12-36)29-39(35-15-13-31(14-16-35)32-17-21-37(22-18-32)42(2,3)4)41(46)44-38-23-19-33(20-24-38)34-25-27-43(5,6)28-26-34;1-4(2)3/h9-25,39H,7-8,26-29H2,1-6H3,(H,44,46);/t39-;/m0./s1. The number of ketones is 1. The van der Waals surface area contributed by atoms with Crippen molar-refractivity contribution < 1.29 is 22.2 Å². The third-order valence-corrected chi connectivity index (χ3v) is 9.40. The summed E-state index contributed by atoms with van der Waals surface area (Å²) in [7, 11) is -3.11. The minimum absolute atomic E-state index is 0.0419. The van der Waals surface area contributed by atoms with Crippen LogP contribution in [0.3, 0.4) is 0 Å². The van der Waals surface area contributed by atoms with E-state index in [0.29, 0.717) is 18.3 Å². The zero-order valence-electron chi connectivity index (χ0n) is 30.1. The Kier molecular flexibility index (Phi) is 12.9. The molecule has 1 atom stereocenters. The van der Waals surface area contributed by atoms with E-state index >= 15 is 0 Å². The van der Waals surface area contributed by atoms with Crippen LogP contribution in [0.1, 0.15) is 112 Å². The highest BCUT2D eigenvalue weighted by atomic mass is 32.2. The smallest absolute Gasteiger partial charge is 0.326 e. The summed E-state index contributed by atoms with van der Waals surface area (Å²) in [4.78, 5) is 26.4. The van der Waals surface area contributed by atoms with Crippen LogP contribution in [0.15, 0.2) is 103 Å². The molecule has 0 aromatic heterocycles. The van der Waals surface area contributed by atoms with E-state index in [0.717, 1.165) is 52.8 Å². The number of hydrogen-bond donors (Lipinski definition) is 1. The number of Topliss-reactive ketones (excluding diaryl/α,β-unsaturated/α-hetero) is 1. The molecule has 4 aromatic carbocycles. The molecular formula is C43H49NO5S. The summed E-state index contributed by atoms with van der Waals surface area (Å²) in [6.07, 6.45) is 7.65. The van der Waals surface area contributed by atoms with Crippen molar-refractivity contribution >= 4 is 33.6 Å². The monoisotopic (exact) mass is 691 g/mol. The zero-order chi connectivity index (χ0) is 36.5. The molecular weight excluding hydrogens is 643 g/mol. The first-order valence-corrected chi connectivity index (χ1v) is 18.4. The van der Waals surface area contributed by atoms with Crippen molar-refractivity contribution in [3.05, 3.63) is 131 Å². The Morgan fingerprint density at radius 2 is 1.32 bits per heavy atom. The summed E-state index contributed by atoms with van der Waals surface area (Å²) in [6, 6.07) is 33.2. The summed E-state index contributed by atoms with van der Waals surface area (Å²) in [5.74, 6) is -0.275. The second-order valence-corrected chi connectivity index (χ2v) is 15.4. The van der Waals surface area contributed by atoms with Gasteiger partial charge in [0.25, 0.3) is 0 Å². The van der Waals surface area contributed by atoms with E-state index in [1.807, 2.05) is 43.3 Å². The van der Waals surface area contributed by atoms with Gasteiger partial charge in [0, 0.05) is 17.7 Å². The van der Waals surface area contributed by atoms with Gasteiger partial charge < -0.3 is 5.32 Å². The fraction of sp³-hybridized carbons (Fsp3) is 0.349. The van der Waals surface area contributed by atoms with Crippen molar-refractivity contribution in [3.8, 4) is 11.1 Å². The average molecular weight is 692 g/mol. The molecule has 1 amide bonds. The highest BCUT2D eigenvalue weighted by Crippen LogP contribution is 2.38. The largest absolute Gasteiger partial charge is 0.425 e. The maximum atomic E-state index is 13.9. The molecule has 0 heterocycles. The highest BCUT2D eigenvalue weighted by molar-refractivity contribution is 7.59. The highest BCUT2D eigenvalue weighted by Gasteiger charge is 2.24. The molecule has 262 valence electrons. The average Bonchev–Trinajstić information content (AvgIpc) is 3.07. The second-order valence-electron chi connectivity index (χ2n) is 14.9. The van der Waals surface area contributed by atoms with E-state index in [2.05, 4.69) is 107 Å². The normalized spacial score (nSPS) is 14.4. The molecule has 0 saturated carbocycles. The van der Waals surface area contributed by atoms with Gasteiger partial charge in [0.2, 0.25) is 5.91 Å². The van der Waals surface area contributed by atoms with E-state index < -0.39 is 16.5 Å². The van der Waals surface area contributed by atoms with Crippen molar-refractivity contribution in [2.45, 2.75) is 91.4 Å². The summed E-state index contributed by atoms with van der Waals surface area (Å²) < 4.78 is 25.3. The van der Waals surface area contributed by atoms with E-state index in [9.17, 15) is 9.59 Å². The van der Waals surface area contributed by atoms with Crippen molar-refractivity contribution in [2.24, 2.45) is 5.41 Å². The number of allylic oxidation sites excluding steroid dienone is 2. The first kappa shape index (κ1) is 38.2. The van der Waals surface area contributed by atoms with Gasteiger partial charge >= 0.3 is 10.6 Å². The lowest BCUT2D eigenvalue weighted by Crippen LogP contribution is -2.23. The molecule has 4 aromatic rings. The molecule has 0 aliphatic heterocycles. The molecule has 1 N–H and O–H groups in total. The van der Waals surface area contributed by atoms with Gasteiger partial charge in [-0.1, -0.05) is 133 Å². The summed E-state index contributed by atoms with van der Waals surface area (Å²) in [6.45, 7) is 13.3. The Morgan fingerprint density at radius 3 is 1.82 bits per heavy atom. The molecule has 0 fully saturated rings. The first-order valence-electron chi connectivity index (χ1n) is 17.4. The lowest BCUT2D eigenvalue weighted by Gasteiger charge is -2.28. The summed E-state index contributed by atoms with van der Waals surface area (Å²) in [5, 5.41) is 3.20. The maximum Gasteiger partial charge on any atom is 0.425 e. The van der Waals surface area contributed by atoms with Crippen LogP contribution in [-0.4, -0.2) is 24.3 Å². The molecule has 1 aliphatic rings. The van der Waals surface area contributed by atoms with Crippen molar-refractivity contribution in [1.82, 2.24) is 0 Å². The van der Waals surface area contributed by atoms with E-state index in [4.69, 9.17) is 12.6 Å². The van der Waals surface area contributed by atoms with Crippen LogP contribution in [0.2, 0.25) is 0 Å². The van der Waals surface area contributed by atoms with Crippen LogP contribution < -0.4 is 5.32 Å². The van der Waals surface area contributed by atoms with Gasteiger partial charge in [-0.25, -0.2) is 0 Å². The molecule has 0 saturated heterocycles. The number of nitrogens with one attached hydrogen (secondary N) is 1. The predicted octanol–water partition coefficient (Wildman–Crippen LogP) is 10.2. The summed E-state index contributed by atoms with van der Waals surface area (Å²) >= 11 is 0. The number of carbonyl (C=O) groups excluding carboxylic acids is 2. The number of carbonyl (C=O) groups is 2. The molecule has 1 aliphatic carbocycles. The second kappa shape index (κ2) is 16.9. The number of rotatable bonds is 10. The van der Waals surface area contributed by atoms with Gasteiger partial charge in [-0.05, 0) is 94.0 Å². The van der Waals surface area contributed by atoms with E-state index in [-0.39, 0.29) is 17.1 Å². The van der Waals surface area contributed by atoms with Gasteiger partial charge in [0.15, 0.2) is 5.78 Å². The fourth-order valence-electron chi connectivity index (χ4n) is 6.20. The van der Waals surface area contributed by atoms with Gasteiger partial charge in [0.05, 0.1) is 5.92 Å². The third-order valence-electron chi connectivity index (χ3n) is 9.40. The van der Waals surface area contributed by atoms with Gasteiger partial charge in [0.1, 0.15) is 0 Å². The molecule has 6 nitrogen and oxygen atoms in total. The van der Waals surface area contributed by atoms with Gasteiger partial charge in [-0.3, -0.25) is 9.59 Å². The lowest BCUT2D eigenvalue weighted by atomic mass is 9.77. The fourth-order valence-corrected chi connectivity index (χ4v) is 6.20. The Hall–Kier alpha value is -4.62. The Morgan fingerprint density at radius 1 is 0.780 bits per heavy atom. The first-order chi connectivity index (χ1) is 23.6. The Bertz CT molecular complexity index is 1890. The topological polar surface area (TPSA) is 97.4 Å². The van der Waals surface area contributed by atoms with Gasteiger partial charge in [-0.15, -0.1) is 12.6 Å². The van der Waals surface area contributed by atoms with Gasteiger partial charge in [-0.2, -0.15) is 0 Å². The SMILES string of the molecule is CCCC(=O)c1ccc(C[C@H](C(=O)Nc2ccc(C3=CCC(C)(C)CC3)cc2)c2ccc(-c3ccc(C(C)(C)C)cc3)cc2)cc1.O=S(=O)=O. The van der Waals surface area contributed by atoms with Crippen LogP contribution in [-0.2, 0) is 27.2 Å². The van der Waals surface area contributed by atoms with Crippen molar-refractivity contribution in [3.63, 3.8) is 0 Å². The predicted molar refractivity (Wildman–Crippen MR) is 203 cm³/mol. The van der Waals surface area contributed by atoms with Crippen LogP contribution in [0.4, 0.5) is 5.69 Å². The Balaban J connectivity index is 0.00000133. The van der Waals surface area contributed by atoms with Crippen LogP contribution >= 0.6 is 0 Å².